The first-order valence-electron chi connectivity index (χ1n) is 6.51. The summed E-state index contributed by atoms with van der Waals surface area (Å²) >= 11 is 0. The number of pyridine rings is 1. The summed E-state index contributed by atoms with van der Waals surface area (Å²) in [5.41, 5.74) is -0.0256. The van der Waals surface area contributed by atoms with E-state index in [0.29, 0.717) is 11.1 Å². The molecule has 1 N–H and O–H groups in total. The molecule has 0 unspecified atom stereocenters. The first-order valence-corrected chi connectivity index (χ1v) is 6.51. The Hall–Kier alpha value is -2.89. The van der Waals surface area contributed by atoms with Crippen LogP contribution in [-0.2, 0) is 12.7 Å². The number of anilines is 2. The Kier molecular flexibility index (Phi) is 4.64. The zero-order chi connectivity index (χ0) is 17.0. The lowest BCUT2D eigenvalue weighted by Crippen LogP contribution is -2.17. The van der Waals surface area contributed by atoms with Gasteiger partial charge in [-0.2, -0.15) is 23.4 Å². The standard InChI is InChI=1S/C14H13F3N6/c1-23(2)12-4-11(14(15,16)17)21-13(22-12)20-8-10-3-9(5-18)6-19-7-10/h3-4,6-7H,8H2,1-2H3,(H,20,21,22). The van der Waals surface area contributed by atoms with Gasteiger partial charge in [0.1, 0.15) is 11.9 Å². The molecule has 0 amide bonds. The van der Waals surface area contributed by atoms with Crippen LogP contribution in [0.1, 0.15) is 16.8 Å². The van der Waals surface area contributed by atoms with Crippen LogP contribution in [-0.4, -0.2) is 29.0 Å². The van der Waals surface area contributed by atoms with Crippen molar-refractivity contribution in [3.8, 4) is 6.07 Å². The highest BCUT2D eigenvalue weighted by atomic mass is 19.4. The van der Waals surface area contributed by atoms with E-state index < -0.39 is 11.9 Å². The molecule has 0 fully saturated rings. The largest absolute Gasteiger partial charge is 0.433 e. The molecule has 0 saturated heterocycles. The maximum absolute atomic E-state index is 12.9. The van der Waals surface area contributed by atoms with E-state index in [1.165, 1.54) is 17.3 Å². The molecule has 120 valence electrons. The Morgan fingerprint density at radius 2 is 1.96 bits per heavy atom. The van der Waals surface area contributed by atoms with Crippen LogP contribution in [0.4, 0.5) is 24.9 Å². The minimum absolute atomic E-state index is 0.138. The third kappa shape index (κ3) is 4.29. The van der Waals surface area contributed by atoms with Crippen LogP contribution < -0.4 is 10.2 Å². The molecule has 0 atom stereocenters. The van der Waals surface area contributed by atoms with Crippen molar-refractivity contribution in [1.29, 1.82) is 5.26 Å². The predicted octanol–water partition coefficient (Wildman–Crippen LogP) is 2.44. The fraction of sp³-hybridized carbons (Fsp3) is 0.286. The lowest BCUT2D eigenvalue weighted by atomic mass is 10.2. The molecule has 0 spiro atoms. The molecule has 0 aromatic carbocycles. The van der Waals surface area contributed by atoms with Crippen LogP contribution in [0.25, 0.3) is 0 Å². The Balaban J connectivity index is 2.25. The second kappa shape index (κ2) is 6.48. The fourth-order valence-electron chi connectivity index (χ4n) is 1.71. The first-order chi connectivity index (χ1) is 10.8. The van der Waals surface area contributed by atoms with E-state index in [9.17, 15) is 13.2 Å². The average Bonchev–Trinajstić information content (AvgIpc) is 2.52. The van der Waals surface area contributed by atoms with Crippen molar-refractivity contribution in [2.75, 3.05) is 24.3 Å². The van der Waals surface area contributed by atoms with Gasteiger partial charge in [0.25, 0.3) is 0 Å². The summed E-state index contributed by atoms with van der Waals surface area (Å²) < 4.78 is 38.7. The maximum Gasteiger partial charge on any atom is 0.433 e. The first kappa shape index (κ1) is 16.5. The van der Waals surface area contributed by atoms with Gasteiger partial charge in [0.2, 0.25) is 5.95 Å². The van der Waals surface area contributed by atoms with Gasteiger partial charge < -0.3 is 10.2 Å². The molecule has 23 heavy (non-hydrogen) atoms. The van der Waals surface area contributed by atoms with E-state index in [4.69, 9.17) is 5.26 Å². The summed E-state index contributed by atoms with van der Waals surface area (Å²) in [7, 11) is 3.18. The van der Waals surface area contributed by atoms with Gasteiger partial charge in [0, 0.05) is 39.1 Å². The molecule has 6 nitrogen and oxygen atoms in total. The molecule has 9 heteroatoms. The summed E-state index contributed by atoms with van der Waals surface area (Å²) in [5.74, 6) is -0.00962. The molecule has 0 saturated carbocycles. The molecule has 0 bridgehead atoms. The molecule has 2 rings (SSSR count). The van der Waals surface area contributed by atoms with E-state index in [1.54, 1.807) is 20.2 Å². The highest BCUT2D eigenvalue weighted by Crippen LogP contribution is 2.30. The number of nitrogens with one attached hydrogen (secondary N) is 1. The van der Waals surface area contributed by atoms with E-state index >= 15 is 0 Å². The number of halogens is 3. The number of nitrogens with zero attached hydrogens (tertiary/aromatic N) is 5. The number of nitriles is 1. The predicted molar refractivity (Wildman–Crippen MR) is 77.6 cm³/mol. The molecule has 0 radical (unpaired) electrons. The van der Waals surface area contributed by atoms with E-state index in [1.807, 2.05) is 6.07 Å². The molecule has 0 aliphatic heterocycles. The normalized spacial score (nSPS) is 11.0. The fourth-order valence-corrected chi connectivity index (χ4v) is 1.71. The Morgan fingerprint density at radius 1 is 1.22 bits per heavy atom. The highest BCUT2D eigenvalue weighted by Gasteiger charge is 2.34. The quantitative estimate of drug-likeness (QED) is 0.931. The monoisotopic (exact) mass is 322 g/mol. The molecule has 2 aromatic heterocycles. The summed E-state index contributed by atoms with van der Waals surface area (Å²) in [6, 6.07) is 4.40. The lowest BCUT2D eigenvalue weighted by molar-refractivity contribution is -0.141. The third-order valence-electron chi connectivity index (χ3n) is 2.84. The van der Waals surface area contributed by atoms with Gasteiger partial charge in [-0.05, 0) is 11.6 Å². The van der Waals surface area contributed by atoms with Crippen LogP contribution in [0.2, 0.25) is 0 Å². The number of rotatable bonds is 4. The SMILES string of the molecule is CN(C)c1cc(C(F)(F)F)nc(NCc2cncc(C#N)c2)n1. The zero-order valence-corrected chi connectivity index (χ0v) is 12.4. The summed E-state index contributed by atoms with van der Waals surface area (Å²) in [6.07, 6.45) is -1.66. The van der Waals surface area contributed by atoms with Gasteiger partial charge in [-0.15, -0.1) is 0 Å². The third-order valence-corrected chi connectivity index (χ3v) is 2.84. The number of alkyl halides is 3. The van der Waals surface area contributed by atoms with Crippen molar-refractivity contribution in [3.05, 3.63) is 41.3 Å². The Morgan fingerprint density at radius 3 is 2.57 bits per heavy atom. The molecule has 0 aliphatic carbocycles. The van der Waals surface area contributed by atoms with Crippen molar-refractivity contribution < 1.29 is 13.2 Å². The Bertz CT molecular complexity index is 736. The molecule has 0 aliphatic rings. The van der Waals surface area contributed by atoms with Gasteiger partial charge in [0.05, 0.1) is 5.56 Å². The van der Waals surface area contributed by atoms with Crippen LogP contribution >= 0.6 is 0 Å². The van der Waals surface area contributed by atoms with Crippen molar-refractivity contribution in [2.24, 2.45) is 0 Å². The minimum atomic E-state index is -4.56. The summed E-state index contributed by atoms with van der Waals surface area (Å²) in [4.78, 5) is 12.8. The van der Waals surface area contributed by atoms with Crippen LogP contribution in [0.3, 0.4) is 0 Å². The van der Waals surface area contributed by atoms with Gasteiger partial charge >= 0.3 is 6.18 Å². The smallest absolute Gasteiger partial charge is 0.363 e. The van der Waals surface area contributed by atoms with E-state index in [0.717, 1.165) is 6.07 Å². The Labute approximate surface area is 130 Å². The second-order valence-electron chi connectivity index (χ2n) is 4.87. The molecule has 2 aromatic rings. The van der Waals surface area contributed by atoms with Crippen molar-refractivity contribution in [2.45, 2.75) is 12.7 Å². The number of aromatic nitrogens is 3. The molecule has 2 heterocycles. The van der Waals surface area contributed by atoms with Crippen LogP contribution in [0.15, 0.2) is 24.5 Å². The lowest BCUT2D eigenvalue weighted by Gasteiger charge is -2.16. The van der Waals surface area contributed by atoms with Crippen LogP contribution in [0.5, 0.6) is 0 Å². The topological polar surface area (TPSA) is 77.7 Å². The van der Waals surface area contributed by atoms with Crippen molar-refractivity contribution in [1.82, 2.24) is 15.0 Å². The minimum Gasteiger partial charge on any atom is -0.363 e. The van der Waals surface area contributed by atoms with E-state index in [2.05, 4.69) is 20.3 Å². The highest BCUT2D eigenvalue weighted by molar-refractivity contribution is 5.44. The zero-order valence-electron chi connectivity index (χ0n) is 12.4. The second-order valence-corrected chi connectivity index (χ2v) is 4.87. The van der Waals surface area contributed by atoms with Crippen LogP contribution in [0, 0.1) is 11.3 Å². The molecular formula is C14H13F3N6. The number of hydrogen-bond donors (Lipinski definition) is 1. The number of hydrogen-bond acceptors (Lipinski definition) is 6. The van der Waals surface area contributed by atoms with Crippen molar-refractivity contribution in [3.63, 3.8) is 0 Å². The average molecular weight is 322 g/mol. The summed E-state index contributed by atoms with van der Waals surface area (Å²) in [5, 5.41) is 11.5. The van der Waals surface area contributed by atoms with Gasteiger partial charge in [0.15, 0.2) is 5.69 Å². The summed E-state index contributed by atoms with van der Waals surface area (Å²) in [6.45, 7) is 0.150. The van der Waals surface area contributed by atoms with Gasteiger partial charge in [-0.3, -0.25) is 4.98 Å². The van der Waals surface area contributed by atoms with Gasteiger partial charge in [-0.1, -0.05) is 0 Å². The molecular weight excluding hydrogens is 309 g/mol. The van der Waals surface area contributed by atoms with Gasteiger partial charge in [-0.25, -0.2) is 4.98 Å². The van der Waals surface area contributed by atoms with E-state index in [-0.39, 0.29) is 18.3 Å². The van der Waals surface area contributed by atoms with Crippen molar-refractivity contribution >= 4 is 11.8 Å². The maximum atomic E-state index is 12.9.